The molecule has 1 aromatic carbocycles. The Morgan fingerprint density at radius 1 is 1.50 bits per heavy atom. The lowest BCUT2D eigenvalue weighted by Gasteiger charge is -1.98. The largest absolute Gasteiger partial charge is 0.508 e. The lowest BCUT2D eigenvalue weighted by atomic mass is 10.1. The fourth-order valence-electron chi connectivity index (χ4n) is 0.807. The zero-order valence-electron chi connectivity index (χ0n) is 5.79. The second kappa shape index (κ2) is 2.71. The summed E-state index contributed by atoms with van der Waals surface area (Å²) in [4.78, 5) is 0. The molecule has 0 atom stereocenters. The molecule has 0 fully saturated rings. The van der Waals surface area contributed by atoms with Gasteiger partial charge < -0.3 is 5.11 Å². The smallest absolute Gasteiger partial charge is 0.118 e. The molecule has 1 N–H and O–H groups in total. The van der Waals surface area contributed by atoms with Crippen LogP contribution >= 0.6 is 0 Å². The van der Waals surface area contributed by atoms with Crippen LogP contribution in [-0.2, 0) is 11.7 Å². The van der Waals surface area contributed by atoms with Crippen molar-refractivity contribution < 1.29 is 10.2 Å². The normalized spacial score (nSPS) is 9.80. The summed E-state index contributed by atoms with van der Waals surface area (Å²) in [5.41, 5.74) is 1.48. The molecule has 53 valence electrons. The van der Waals surface area contributed by atoms with E-state index in [1.807, 2.05) is 0 Å². The highest BCUT2D eigenvalue weighted by molar-refractivity contribution is 5.34. The maximum atomic E-state index is 10.3. The van der Waals surface area contributed by atoms with E-state index < -0.39 is 0 Å². The molecule has 0 unspecified atom stereocenters. The average Bonchev–Trinajstić information content (AvgIpc) is 1.95. The van der Waals surface area contributed by atoms with E-state index in [0.29, 0.717) is 0 Å². The molecule has 1 aromatic rings. The first-order valence-electron chi connectivity index (χ1n) is 3.10. The third kappa shape index (κ3) is 1.28. The summed E-state index contributed by atoms with van der Waals surface area (Å²) in [6.45, 7) is 1.55. The van der Waals surface area contributed by atoms with Gasteiger partial charge in [-0.25, -0.2) is 5.11 Å². The Morgan fingerprint density at radius 2 is 2.20 bits per heavy atom. The molecule has 0 heterocycles. The van der Waals surface area contributed by atoms with E-state index in [4.69, 9.17) is 5.11 Å². The summed E-state index contributed by atoms with van der Waals surface area (Å²) < 4.78 is 0. The lowest BCUT2D eigenvalue weighted by Crippen LogP contribution is -1.82. The molecule has 0 bridgehead atoms. The minimum absolute atomic E-state index is 0.221. The second-order valence-corrected chi connectivity index (χ2v) is 2.27. The van der Waals surface area contributed by atoms with Crippen molar-refractivity contribution >= 4 is 0 Å². The summed E-state index contributed by atoms with van der Waals surface area (Å²) in [5, 5.41) is 19.4. The second-order valence-electron chi connectivity index (χ2n) is 2.27. The number of phenolic OH excluding ortho intramolecular Hbond substituents is 1. The first-order chi connectivity index (χ1) is 4.74. The quantitative estimate of drug-likeness (QED) is 0.627. The zero-order valence-corrected chi connectivity index (χ0v) is 5.79. The van der Waals surface area contributed by atoms with Crippen LogP contribution < -0.4 is 0 Å². The molecule has 0 amide bonds. The Labute approximate surface area is 59.7 Å². The van der Waals surface area contributed by atoms with Gasteiger partial charge in [0.1, 0.15) is 12.4 Å². The monoisotopic (exact) mass is 137 g/mol. The van der Waals surface area contributed by atoms with E-state index >= 15 is 0 Å². The molecule has 1 rings (SSSR count). The van der Waals surface area contributed by atoms with Crippen LogP contribution in [-0.4, -0.2) is 5.11 Å². The van der Waals surface area contributed by atoms with Crippen LogP contribution in [0.2, 0.25) is 0 Å². The predicted molar refractivity (Wildman–Crippen MR) is 37.2 cm³/mol. The van der Waals surface area contributed by atoms with Crippen molar-refractivity contribution in [3.8, 4) is 5.75 Å². The van der Waals surface area contributed by atoms with E-state index in [2.05, 4.69) is 0 Å². The van der Waals surface area contributed by atoms with Crippen LogP contribution in [0, 0.1) is 6.92 Å². The SMILES string of the molecule is Cc1cc(C[O])ccc1O. The summed E-state index contributed by atoms with van der Waals surface area (Å²) >= 11 is 0. The highest BCUT2D eigenvalue weighted by atomic mass is 16.3. The molecule has 2 nitrogen and oxygen atoms in total. The van der Waals surface area contributed by atoms with Crippen molar-refractivity contribution in [2.45, 2.75) is 13.5 Å². The number of aryl methyl sites for hydroxylation is 1. The number of phenols is 1. The van der Waals surface area contributed by atoms with Crippen LogP contribution in [0.1, 0.15) is 11.1 Å². The van der Waals surface area contributed by atoms with Crippen molar-refractivity contribution in [3.05, 3.63) is 29.3 Å². The average molecular weight is 137 g/mol. The maximum absolute atomic E-state index is 10.3. The van der Waals surface area contributed by atoms with E-state index in [-0.39, 0.29) is 12.4 Å². The molecule has 2 heteroatoms. The summed E-state index contributed by atoms with van der Waals surface area (Å²) in [5.74, 6) is 0.247. The van der Waals surface area contributed by atoms with E-state index in [9.17, 15) is 5.11 Å². The van der Waals surface area contributed by atoms with Gasteiger partial charge in [0.25, 0.3) is 0 Å². The number of aromatic hydroxyl groups is 1. The topological polar surface area (TPSA) is 40.1 Å². The van der Waals surface area contributed by atoms with E-state index in [1.165, 1.54) is 0 Å². The van der Waals surface area contributed by atoms with Crippen molar-refractivity contribution in [1.29, 1.82) is 0 Å². The first-order valence-corrected chi connectivity index (χ1v) is 3.10. The standard InChI is InChI=1S/C8H9O2/c1-6-4-7(5-9)2-3-8(6)10/h2-4,10H,5H2,1H3. The highest BCUT2D eigenvalue weighted by Crippen LogP contribution is 2.16. The van der Waals surface area contributed by atoms with Gasteiger partial charge in [-0.2, -0.15) is 0 Å². The molecule has 0 aliphatic carbocycles. The van der Waals surface area contributed by atoms with Crippen molar-refractivity contribution in [1.82, 2.24) is 0 Å². The van der Waals surface area contributed by atoms with Gasteiger partial charge in [0.15, 0.2) is 0 Å². The fourth-order valence-corrected chi connectivity index (χ4v) is 0.807. The van der Waals surface area contributed by atoms with Gasteiger partial charge in [-0.1, -0.05) is 6.07 Å². The maximum Gasteiger partial charge on any atom is 0.118 e. The van der Waals surface area contributed by atoms with Crippen molar-refractivity contribution in [2.24, 2.45) is 0 Å². The molecule has 0 aromatic heterocycles. The number of hydrogen-bond acceptors (Lipinski definition) is 1. The molecular formula is C8H9O2. The molecule has 0 saturated carbocycles. The minimum atomic E-state index is -0.221. The zero-order chi connectivity index (χ0) is 7.56. The lowest BCUT2D eigenvalue weighted by molar-refractivity contribution is 0.177. The molecular weight excluding hydrogens is 128 g/mol. The minimum Gasteiger partial charge on any atom is -0.508 e. The Kier molecular flexibility index (Phi) is 1.92. The first kappa shape index (κ1) is 7.09. The molecule has 0 spiro atoms. The Balaban J connectivity index is 3.04. The van der Waals surface area contributed by atoms with E-state index in [1.54, 1.807) is 25.1 Å². The van der Waals surface area contributed by atoms with Gasteiger partial charge >= 0.3 is 0 Å². The van der Waals surface area contributed by atoms with Crippen LogP contribution in [0.5, 0.6) is 5.75 Å². The van der Waals surface area contributed by atoms with Crippen molar-refractivity contribution in [3.63, 3.8) is 0 Å². The van der Waals surface area contributed by atoms with Gasteiger partial charge in [-0.05, 0) is 30.2 Å². The molecule has 1 radical (unpaired) electrons. The third-order valence-corrected chi connectivity index (χ3v) is 1.43. The third-order valence-electron chi connectivity index (χ3n) is 1.43. The summed E-state index contributed by atoms with van der Waals surface area (Å²) in [7, 11) is 0. The number of benzene rings is 1. The number of hydrogen-bond donors (Lipinski definition) is 1. The summed E-state index contributed by atoms with van der Waals surface area (Å²) in [6, 6.07) is 4.88. The van der Waals surface area contributed by atoms with Crippen LogP contribution in [0.25, 0.3) is 0 Å². The Morgan fingerprint density at radius 3 is 2.70 bits per heavy atom. The van der Waals surface area contributed by atoms with Crippen LogP contribution in [0.15, 0.2) is 18.2 Å². The molecule has 10 heavy (non-hydrogen) atoms. The van der Waals surface area contributed by atoms with Gasteiger partial charge in [-0.3, -0.25) is 0 Å². The molecule has 0 saturated heterocycles. The summed E-state index contributed by atoms with van der Waals surface area (Å²) in [6.07, 6.45) is 0. The fraction of sp³-hybridized carbons (Fsp3) is 0.250. The van der Waals surface area contributed by atoms with E-state index in [0.717, 1.165) is 11.1 Å². The van der Waals surface area contributed by atoms with Gasteiger partial charge in [-0.15, -0.1) is 0 Å². The Bertz CT molecular complexity index is 231. The van der Waals surface area contributed by atoms with Crippen LogP contribution in [0.3, 0.4) is 0 Å². The van der Waals surface area contributed by atoms with Crippen molar-refractivity contribution in [2.75, 3.05) is 0 Å². The van der Waals surface area contributed by atoms with Gasteiger partial charge in [0, 0.05) is 0 Å². The van der Waals surface area contributed by atoms with Gasteiger partial charge in [0.2, 0.25) is 0 Å². The number of rotatable bonds is 1. The predicted octanol–water partition coefficient (Wildman–Crippen LogP) is 1.63. The van der Waals surface area contributed by atoms with Crippen LogP contribution in [0.4, 0.5) is 0 Å². The Hall–Kier alpha value is -1.02. The molecule has 0 aliphatic rings. The molecule has 0 aliphatic heterocycles. The van der Waals surface area contributed by atoms with Gasteiger partial charge in [0.05, 0.1) is 0 Å². The highest BCUT2D eigenvalue weighted by Gasteiger charge is 1.95.